The van der Waals surface area contributed by atoms with Crippen LogP contribution in [-0.4, -0.2) is 55.9 Å². The van der Waals surface area contributed by atoms with Crippen LogP contribution in [0.5, 0.6) is 0 Å². The molecule has 1 unspecified atom stereocenters. The third-order valence-electron chi connectivity index (χ3n) is 3.78. The van der Waals surface area contributed by atoms with Crippen molar-refractivity contribution in [2.24, 2.45) is 0 Å². The van der Waals surface area contributed by atoms with Crippen LogP contribution in [0, 0.1) is 0 Å². The van der Waals surface area contributed by atoms with Crippen molar-refractivity contribution in [3.63, 3.8) is 0 Å². The fourth-order valence-corrected chi connectivity index (χ4v) is 4.63. The summed E-state index contributed by atoms with van der Waals surface area (Å²) in [6, 6.07) is 4.49. The quantitative estimate of drug-likeness (QED) is 0.733. The summed E-state index contributed by atoms with van der Waals surface area (Å²) in [4.78, 5) is 13.3. The van der Waals surface area contributed by atoms with Gasteiger partial charge in [-0.3, -0.25) is 0 Å². The van der Waals surface area contributed by atoms with Crippen LogP contribution in [0.25, 0.3) is 0 Å². The maximum absolute atomic E-state index is 12.7. The van der Waals surface area contributed by atoms with Crippen molar-refractivity contribution in [2.45, 2.75) is 10.9 Å². The number of sulfonamides is 1. The van der Waals surface area contributed by atoms with Crippen LogP contribution in [0.2, 0.25) is 0 Å². The molecule has 0 saturated carbocycles. The van der Waals surface area contributed by atoms with Crippen LogP contribution >= 0.6 is 15.9 Å². The lowest BCUT2D eigenvalue weighted by molar-refractivity contribution is 0.164. The molecule has 114 valence electrons. The van der Waals surface area contributed by atoms with Gasteiger partial charge in [-0.25, -0.2) is 13.2 Å². The third-order valence-corrected chi connectivity index (χ3v) is 6.22. The summed E-state index contributed by atoms with van der Waals surface area (Å²) in [6.45, 7) is 1.44. The number of nitrogen functional groups attached to an aromatic ring is 1. The van der Waals surface area contributed by atoms with Crippen molar-refractivity contribution >= 4 is 37.7 Å². The maximum Gasteiger partial charge on any atom is 0.317 e. The van der Waals surface area contributed by atoms with E-state index in [4.69, 9.17) is 5.73 Å². The second kappa shape index (κ2) is 5.15. The minimum absolute atomic E-state index is 0.108. The molecule has 0 bridgehead atoms. The van der Waals surface area contributed by atoms with E-state index in [0.717, 1.165) is 4.47 Å². The molecule has 2 aliphatic heterocycles. The van der Waals surface area contributed by atoms with E-state index in [9.17, 15) is 13.2 Å². The number of benzene rings is 1. The molecule has 7 nitrogen and oxygen atoms in total. The minimum Gasteiger partial charge on any atom is -0.398 e. The van der Waals surface area contributed by atoms with Gasteiger partial charge in [-0.2, -0.15) is 4.31 Å². The molecule has 2 aliphatic rings. The molecule has 0 aliphatic carbocycles. The largest absolute Gasteiger partial charge is 0.398 e. The molecule has 0 radical (unpaired) electrons. The van der Waals surface area contributed by atoms with Crippen molar-refractivity contribution in [3.8, 4) is 0 Å². The molecule has 0 spiro atoms. The first-order valence-corrected chi connectivity index (χ1v) is 8.72. The van der Waals surface area contributed by atoms with Crippen LogP contribution < -0.4 is 11.1 Å². The summed E-state index contributed by atoms with van der Waals surface area (Å²) in [5, 5.41) is 2.73. The summed E-state index contributed by atoms with van der Waals surface area (Å²) in [7, 11) is -3.64. The monoisotopic (exact) mass is 374 g/mol. The van der Waals surface area contributed by atoms with Crippen LogP contribution in [0.4, 0.5) is 10.5 Å². The number of rotatable bonds is 2. The number of nitrogens with two attached hydrogens (primary N) is 1. The van der Waals surface area contributed by atoms with Crippen molar-refractivity contribution in [2.75, 3.05) is 31.9 Å². The second-order valence-corrected chi connectivity index (χ2v) is 7.90. The van der Waals surface area contributed by atoms with Gasteiger partial charge in [-0.05, 0) is 18.2 Å². The van der Waals surface area contributed by atoms with E-state index in [-0.39, 0.29) is 35.7 Å². The van der Waals surface area contributed by atoms with E-state index in [1.165, 1.54) is 10.4 Å². The molecule has 0 aromatic heterocycles. The smallest absolute Gasteiger partial charge is 0.317 e. The topological polar surface area (TPSA) is 95.7 Å². The average Bonchev–Trinajstić information content (AvgIpc) is 2.79. The predicted octanol–water partition coefficient (Wildman–Crippen LogP) is 0.429. The molecule has 2 heterocycles. The molecule has 3 rings (SSSR count). The number of halogens is 1. The van der Waals surface area contributed by atoms with Gasteiger partial charge in [0.2, 0.25) is 10.0 Å². The highest BCUT2D eigenvalue weighted by Crippen LogP contribution is 2.27. The predicted molar refractivity (Wildman–Crippen MR) is 81.2 cm³/mol. The van der Waals surface area contributed by atoms with Gasteiger partial charge in [0.25, 0.3) is 0 Å². The zero-order valence-electron chi connectivity index (χ0n) is 11.1. The SMILES string of the molecule is Nc1cc(Br)ccc1S(=O)(=O)N1CCN2C(=O)NCC2C1. The Morgan fingerprint density at radius 2 is 2.10 bits per heavy atom. The van der Waals surface area contributed by atoms with Crippen molar-refractivity contribution < 1.29 is 13.2 Å². The molecule has 2 saturated heterocycles. The Balaban J connectivity index is 1.87. The highest BCUT2D eigenvalue weighted by molar-refractivity contribution is 9.10. The summed E-state index contributed by atoms with van der Waals surface area (Å²) in [5.74, 6) is 0. The average molecular weight is 375 g/mol. The fraction of sp³-hybridized carbons (Fsp3) is 0.417. The number of nitrogens with one attached hydrogen (secondary N) is 1. The third kappa shape index (κ3) is 2.49. The molecule has 2 amide bonds. The van der Waals surface area contributed by atoms with Crippen LogP contribution in [0.1, 0.15) is 0 Å². The molecule has 3 N–H and O–H groups in total. The number of urea groups is 1. The molecule has 1 atom stereocenters. The standard InChI is InChI=1S/C12H15BrN4O3S/c13-8-1-2-11(10(14)5-8)21(19,20)16-3-4-17-9(7-16)6-15-12(17)18/h1-2,5,9H,3-4,6-7,14H2,(H,15,18). The van der Waals surface area contributed by atoms with E-state index in [1.807, 2.05) is 0 Å². The maximum atomic E-state index is 12.7. The van der Waals surface area contributed by atoms with Crippen molar-refractivity contribution in [1.29, 1.82) is 0 Å². The lowest BCUT2D eigenvalue weighted by Gasteiger charge is -2.35. The number of carbonyl (C=O) groups excluding carboxylic acids is 1. The van der Waals surface area contributed by atoms with Gasteiger partial charge in [0.15, 0.2) is 0 Å². The van der Waals surface area contributed by atoms with E-state index in [2.05, 4.69) is 21.2 Å². The molecule has 1 aromatic carbocycles. The van der Waals surface area contributed by atoms with E-state index in [0.29, 0.717) is 13.1 Å². The number of carbonyl (C=O) groups is 1. The Morgan fingerprint density at radius 1 is 1.33 bits per heavy atom. The summed E-state index contributed by atoms with van der Waals surface area (Å²) < 4.78 is 27.5. The number of amides is 2. The van der Waals surface area contributed by atoms with Gasteiger partial charge in [-0.15, -0.1) is 0 Å². The first-order chi connectivity index (χ1) is 9.89. The minimum atomic E-state index is -3.64. The van der Waals surface area contributed by atoms with Gasteiger partial charge in [0, 0.05) is 30.7 Å². The lowest BCUT2D eigenvalue weighted by atomic mass is 10.2. The number of fused-ring (bicyclic) bond motifs is 1. The first-order valence-electron chi connectivity index (χ1n) is 6.49. The molecule has 2 fully saturated rings. The first kappa shape index (κ1) is 14.6. The highest BCUT2D eigenvalue weighted by Gasteiger charge is 2.40. The summed E-state index contributed by atoms with van der Waals surface area (Å²) >= 11 is 3.26. The van der Waals surface area contributed by atoms with Gasteiger partial charge in [0.1, 0.15) is 4.90 Å². The Kier molecular flexibility index (Phi) is 3.58. The molecule has 9 heteroatoms. The molecule has 1 aromatic rings. The number of piperazine rings is 1. The number of anilines is 1. The Labute approximate surface area is 131 Å². The van der Waals surface area contributed by atoms with Crippen LogP contribution in [0.3, 0.4) is 0 Å². The van der Waals surface area contributed by atoms with Crippen molar-refractivity contribution in [3.05, 3.63) is 22.7 Å². The van der Waals surface area contributed by atoms with E-state index in [1.54, 1.807) is 17.0 Å². The Bertz CT molecular complexity index is 694. The van der Waals surface area contributed by atoms with E-state index >= 15 is 0 Å². The van der Waals surface area contributed by atoms with Gasteiger partial charge in [0.05, 0.1) is 11.7 Å². The molecular formula is C12H15BrN4O3S. The molecule has 21 heavy (non-hydrogen) atoms. The van der Waals surface area contributed by atoms with Gasteiger partial charge in [-0.1, -0.05) is 15.9 Å². The van der Waals surface area contributed by atoms with Crippen LogP contribution in [0.15, 0.2) is 27.6 Å². The number of nitrogens with zero attached hydrogens (tertiary/aromatic N) is 2. The van der Waals surface area contributed by atoms with Crippen LogP contribution in [-0.2, 0) is 10.0 Å². The Hall–Kier alpha value is -1.32. The second-order valence-electron chi connectivity index (χ2n) is 5.08. The highest BCUT2D eigenvalue weighted by atomic mass is 79.9. The fourth-order valence-electron chi connectivity index (χ4n) is 2.69. The zero-order chi connectivity index (χ0) is 15.2. The van der Waals surface area contributed by atoms with Gasteiger partial charge >= 0.3 is 6.03 Å². The lowest BCUT2D eigenvalue weighted by Crippen LogP contribution is -2.53. The summed E-state index contributed by atoms with van der Waals surface area (Å²) in [6.07, 6.45) is 0. The zero-order valence-corrected chi connectivity index (χ0v) is 13.5. The number of hydrogen-bond donors (Lipinski definition) is 2. The summed E-state index contributed by atoms with van der Waals surface area (Å²) in [5.41, 5.74) is 6.05. The number of hydrogen-bond acceptors (Lipinski definition) is 4. The Morgan fingerprint density at radius 3 is 2.81 bits per heavy atom. The van der Waals surface area contributed by atoms with E-state index < -0.39 is 10.0 Å². The van der Waals surface area contributed by atoms with Crippen molar-refractivity contribution in [1.82, 2.24) is 14.5 Å². The molecular weight excluding hydrogens is 360 g/mol. The normalized spacial score (nSPS) is 23.0. The van der Waals surface area contributed by atoms with Gasteiger partial charge < -0.3 is 16.0 Å².